The van der Waals surface area contributed by atoms with E-state index >= 15 is 0 Å². The van der Waals surface area contributed by atoms with Crippen LogP contribution in [-0.2, 0) is 16.6 Å². The molecule has 0 radical (unpaired) electrons. The van der Waals surface area contributed by atoms with Crippen molar-refractivity contribution in [3.05, 3.63) is 77.4 Å². The molecule has 152 valence electrons. The van der Waals surface area contributed by atoms with Crippen LogP contribution in [-0.4, -0.2) is 40.1 Å². The Morgan fingerprint density at radius 1 is 1.17 bits per heavy atom. The van der Waals surface area contributed by atoms with Gasteiger partial charge < -0.3 is 10.2 Å². The fourth-order valence-electron chi connectivity index (χ4n) is 4.38. The fourth-order valence-corrected chi connectivity index (χ4v) is 4.38. The number of likely N-dealkylation sites (N-methyl/N-ethyl adjacent to an activating group) is 1. The number of carbonyl (C=O) groups excluding carboxylic acids is 2. The number of benzene rings is 2. The first-order chi connectivity index (χ1) is 14.6. The number of nitrogens with zero attached hydrogens (tertiary/aromatic N) is 3. The Bertz CT molecular complexity index is 1100. The van der Waals surface area contributed by atoms with Gasteiger partial charge in [0.2, 0.25) is 11.7 Å². The maximum absolute atomic E-state index is 13.1. The van der Waals surface area contributed by atoms with Crippen molar-refractivity contribution in [3.8, 4) is 0 Å². The molecule has 2 N–H and O–H groups in total. The highest BCUT2D eigenvalue weighted by Gasteiger charge is 2.51. The van der Waals surface area contributed by atoms with Crippen molar-refractivity contribution >= 4 is 17.5 Å². The summed E-state index contributed by atoms with van der Waals surface area (Å²) in [5, 5.41) is 9.78. The van der Waals surface area contributed by atoms with Crippen molar-refractivity contribution in [2.75, 3.05) is 11.9 Å². The maximum atomic E-state index is 13.1. The summed E-state index contributed by atoms with van der Waals surface area (Å²) in [4.78, 5) is 31.9. The van der Waals surface area contributed by atoms with Crippen LogP contribution in [0, 0.1) is 0 Å². The van der Waals surface area contributed by atoms with Crippen LogP contribution in [0.3, 0.4) is 0 Å². The zero-order valence-corrected chi connectivity index (χ0v) is 16.8. The lowest BCUT2D eigenvalue weighted by molar-refractivity contribution is -0.120. The van der Waals surface area contributed by atoms with E-state index in [1.165, 1.54) is 5.56 Å². The van der Waals surface area contributed by atoms with Crippen LogP contribution in [0.25, 0.3) is 0 Å². The summed E-state index contributed by atoms with van der Waals surface area (Å²) < 4.78 is 0. The van der Waals surface area contributed by atoms with Crippen LogP contribution >= 0.6 is 0 Å². The third-order valence-corrected chi connectivity index (χ3v) is 6.17. The molecule has 30 heavy (non-hydrogen) atoms. The normalized spacial score (nSPS) is 19.3. The zero-order chi connectivity index (χ0) is 20.7. The van der Waals surface area contributed by atoms with Gasteiger partial charge in [0, 0.05) is 19.2 Å². The third kappa shape index (κ3) is 3.26. The van der Waals surface area contributed by atoms with Crippen LogP contribution in [0.2, 0.25) is 0 Å². The highest BCUT2D eigenvalue weighted by Crippen LogP contribution is 2.55. The molecule has 5 rings (SSSR count). The van der Waals surface area contributed by atoms with E-state index in [4.69, 9.17) is 0 Å². The minimum absolute atomic E-state index is 0.0353. The van der Waals surface area contributed by atoms with Crippen molar-refractivity contribution in [1.29, 1.82) is 0 Å². The number of rotatable bonds is 4. The van der Waals surface area contributed by atoms with E-state index < -0.39 is 11.9 Å². The molecule has 1 saturated carbocycles. The van der Waals surface area contributed by atoms with Gasteiger partial charge in [-0.3, -0.25) is 14.7 Å². The summed E-state index contributed by atoms with van der Waals surface area (Å²) >= 11 is 0. The third-order valence-electron chi connectivity index (χ3n) is 6.17. The van der Waals surface area contributed by atoms with E-state index in [2.05, 4.69) is 26.6 Å². The van der Waals surface area contributed by atoms with Gasteiger partial charge in [0.05, 0.1) is 0 Å². The van der Waals surface area contributed by atoms with E-state index in [1.807, 2.05) is 48.5 Å². The van der Waals surface area contributed by atoms with E-state index in [9.17, 15) is 9.59 Å². The van der Waals surface area contributed by atoms with E-state index in [1.54, 1.807) is 11.9 Å². The lowest BCUT2D eigenvalue weighted by atomic mass is 9.89. The Kier molecular flexibility index (Phi) is 4.38. The number of H-pyrrole nitrogens is 1. The first-order valence-corrected chi connectivity index (χ1v) is 10.2. The molecule has 1 fully saturated rings. The van der Waals surface area contributed by atoms with E-state index in [-0.39, 0.29) is 17.1 Å². The minimum atomic E-state index is -0.603. The number of aromatic nitrogens is 3. The van der Waals surface area contributed by atoms with Crippen LogP contribution in [0.4, 0.5) is 5.69 Å². The Morgan fingerprint density at radius 2 is 1.90 bits per heavy atom. The molecule has 7 nitrogen and oxygen atoms in total. The molecule has 2 aliphatic rings. The predicted octanol–water partition coefficient (Wildman–Crippen LogP) is 2.59. The summed E-state index contributed by atoms with van der Waals surface area (Å²) in [7, 11) is 1.77. The number of hydrogen-bond donors (Lipinski definition) is 2. The van der Waals surface area contributed by atoms with Gasteiger partial charge in [0.15, 0.2) is 0 Å². The molecule has 1 aliphatic carbocycles. The van der Waals surface area contributed by atoms with Gasteiger partial charge in [0.25, 0.3) is 5.91 Å². The molecule has 1 aromatic heterocycles. The summed E-state index contributed by atoms with van der Waals surface area (Å²) in [5.74, 6) is 0.128. The molecule has 1 aliphatic heterocycles. The van der Waals surface area contributed by atoms with Crippen LogP contribution in [0.5, 0.6) is 0 Å². The van der Waals surface area contributed by atoms with Crippen molar-refractivity contribution in [2.45, 2.75) is 37.1 Å². The molecule has 7 heteroatoms. The average Bonchev–Trinajstić information content (AvgIpc) is 3.42. The number of amides is 2. The van der Waals surface area contributed by atoms with E-state index in [0.717, 1.165) is 24.1 Å². The Morgan fingerprint density at radius 3 is 2.67 bits per heavy atom. The fraction of sp³-hybridized carbons (Fsp3) is 0.304. The van der Waals surface area contributed by atoms with Crippen molar-refractivity contribution in [1.82, 2.24) is 20.5 Å². The van der Waals surface area contributed by atoms with Gasteiger partial charge in [-0.2, -0.15) is 0 Å². The number of fused-ring (bicyclic) bond motifs is 2. The summed E-state index contributed by atoms with van der Waals surface area (Å²) in [6.45, 7) is 0. The molecule has 3 aromatic rings. The minimum Gasteiger partial charge on any atom is -0.337 e. The molecule has 0 saturated heterocycles. The lowest BCUT2D eigenvalue weighted by Crippen LogP contribution is -2.47. The SMILES string of the molecule is CN1C(=O)[C@@H](NC(=O)c2n[nH]c(Cc3ccccc3)n2)CC2(CC2)c2ccccc21. The predicted molar refractivity (Wildman–Crippen MR) is 112 cm³/mol. The first kappa shape index (κ1) is 18.5. The molecule has 0 bridgehead atoms. The second-order valence-corrected chi connectivity index (χ2v) is 8.19. The number of carbonyl (C=O) groups is 2. The lowest BCUT2D eigenvalue weighted by Gasteiger charge is -2.21. The Balaban J connectivity index is 1.34. The molecule has 2 aromatic carbocycles. The molecule has 2 heterocycles. The quantitative estimate of drug-likeness (QED) is 0.703. The highest BCUT2D eigenvalue weighted by molar-refractivity contribution is 6.02. The van der Waals surface area contributed by atoms with Crippen molar-refractivity contribution < 1.29 is 9.59 Å². The molecular formula is C23H23N5O2. The topological polar surface area (TPSA) is 91.0 Å². The summed E-state index contributed by atoms with van der Waals surface area (Å²) in [5.41, 5.74) is 3.17. The van der Waals surface area contributed by atoms with Crippen molar-refractivity contribution in [3.63, 3.8) is 0 Å². The Labute approximate surface area is 174 Å². The standard InChI is InChI=1S/C23H23N5O2/c1-28-18-10-6-5-9-16(18)23(11-12-23)14-17(22(28)30)24-21(29)20-25-19(26-27-20)13-15-7-3-2-4-8-15/h2-10,17H,11-14H2,1H3,(H,24,29)(H,25,26,27)/t17-/m0/s1. The highest BCUT2D eigenvalue weighted by atomic mass is 16.2. The number of anilines is 1. The molecule has 2 amide bonds. The number of nitrogens with one attached hydrogen (secondary N) is 2. The van der Waals surface area contributed by atoms with Crippen molar-refractivity contribution in [2.24, 2.45) is 0 Å². The first-order valence-electron chi connectivity index (χ1n) is 10.2. The second kappa shape index (κ2) is 7.09. The summed E-state index contributed by atoms with van der Waals surface area (Å²) in [6.07, 6.45) is 3.21. The van der Waals surface area contributed by atoms with Gasteiger partial charge in [-0.05, 0) is 41.9 Å². The molecule has 0 unspecified atom stereocenters. The van der Waals surface area contributed by atoms with Gasteiger partial charge in [-0.1, -0.05) is 48.5 Å². The molecule has 1 atom stereocenters. The average molecular weight is 401 g/mol. The Hall–Kier alpha value is -3.48. The smallest absolute Gasteiger partial charge is 0.291 e. The second-order valence-electron chi connectivity index (χ2n) is 8.19. The van der Waals surface area contributed by atoms with Gasteiger partial charge in [-0.15, -0.1) is 5.10 Å². The van der Waals surface area contributed by atoms with Crippen LogP contribution in [0.15, 0.2) is 54.6 Å². The number of para-hydroxylation sites is 1. The van der Waals surface area contributed by atoms with Gasteiger partial charge in [0.1, 0.15) is 11.9 Å². The molecular weight excluding hydrogens is 378 g/mol. The monoisotopic (exact) mass is 401 g/mol. The largest absolute Gasteiger partial charge is 0.337 e. The van der Waals surface area contributed by atoms with Crippen LogP contribution < -0.4 is 10.2 Å². The zero-order valence-electron chi connectivity index (χ0n) is 16.8. The number of hydrogen-bond acceptors (Lipinski definition) is 4. The van der Waals surface area contributed by atoms with Crippen LogP contribution in [0.1, 0.15) is 46.8 Å². The maximum Gasteiger partial charge on any atom is 0.291 e. The van der Waals surface area contributed by atoms with Gasteiger partial charge in [-0.25, -0.2) is 4.98 Å². The number of aromatic amines is 1. The molecule has 1 spiro atoms. The van der Waals surface area contributed by atoms with E-state index in [0.29, 0.717) is 18.7 Å². The van der Waals surface area contributed by atoms with Gasteiger partial charge >= 0.3 is 0 Å². The summed E-state index contributed by atoms with van der Waals surface area (Å²) in [6, 6.07) is 17.3.